The highest BCUT2D eigenvalue weighted by Crippen LogP contribution is 2.37. The number of aromatic nitrogens is 1. The van der Waals surface area contributed by atoms with Crippen molar-refractivity contribution >= 4 is 17.5 Å². The van der Waals surface area contributed by atoms with Crippen molar-refractivity contribution in [3.8, 4) is 5.75 Å². The van der Waals surface area contributed by atoms with Crippen molar-refractivity contribution in [2.24, 2.45) is 0 Å². The summed E-state index contributed by atoms with van der Waals surface area (Å²) in [6.07, 6.45) is 1.99. The molecule has 1 aliphatic rings. The number of ether oxygens (including phenoxy) is 1. The molecule has 7 nitrogen and oxygen atoms in total. The Morgan fingerprint density at radius 2 is 1.97 bits per heavy atom. The van der Waals surface area contributed by atoms with Gasteiger partial charge in [-0.25, -0.2) is 9.37 Å². The maximum Gasteiger partial charge on any atom is 0.277 e. The molecular formula is C29H26FN3O4. The maximum absolute atomic E-state index is 14.0. The normalized spacial score (nSPS) is 14.7. The molecule has 8 heteroatoms. The van der Waals surface area contributed by atoms with Crippen LogP contribution in [-0.4, -0.2) is 28.2 Å². The van der Waals surface area contributed by atoms with E-state index in [1.807, 2.05) is 49.4 Å². The van der Waals surface area contributed by atoms with Gasteiger partial charge in [-0.2, -0.15) is 0 Å². The average Bonchev–Trinajstić information content (AvgIpc) is 3.36. The van der Waals surface area contributed by atoms with Gasteiger partial charge in [0.25, 0.3) is 5.91 Å². The van der Waals surface area contributed by atoms with E-state index in [0.717, 1.165) is 16.7 Å². The minimum absolute atomic E-state index is 0.0115. The molecule has 5 rings (SSSR count). The lowest BCUT2D eigenvalue weighted by Crippen LogP contribution is -2.39. The second-order valence-electron chi connectivity index (χ2n) is 9.02. The first-order chi connectivity index (χ1) is 17.9. The van der Waals surface area contributed by atoms with Crippen molar-refractivity contribution in [1.82, 2.24) is 9.88 Å². The zero-order valence-corrected chi connectivity index (χ0v) is 20.5. The van der Waals surface area contributed by atoms with E-state index in [9.17, 15) is 14.0 Å². The number of halogens is 1. The summed E-state index contributed by atoms with van der Waals surface area (Å²) in [6.45, 7) is 4.03. The number of carbonyl (C=O) groups is 2. The minimum atomic E-state index is -0.417. The summed E-state index contributed by atoms with van der Waals surface area (Å²) in [6, 6.07) is 19.0. The molecule has 2 amide bonds. The molecule has 3 aromatic carbocycles. The topological polar surface area (TPSA) is 84.7 Å². The van der Waals surface area contributed by atoms with E-state index in [0.29, 0.717) is 30.0 Å². The van der Waals surface area contributed by atoms with E-state index in [1.54, 1.807) is 17.0 Å². The van der Waals surface area contributed by atoms with Crippen LogP contribution in [0.25, 0.3) is 0 Å². The van der Waals surface area contributed by atoms with Gasteiger partial charge in [-0.05, 0) is 72.0 Å². The molecule has 0 fully saturated rings. The number of carbonyl (C=O) groups excluding carboxylic acids is 2. The second-order valence-corrected chi connectivity index (χ2v) is 9.02. The predicted molar refractivity (Wildman–Crippen MR) is 136 cm³/mol. The molecule has 1 aromatic heterocycles. The van der Waals surface area contributed by atoms with Crippen molar-refractivity contribution in [3.63, 3.8) is 0 Å². The highest BCUT2D eigenvalue weighted by Gasteiger charge is 2.31. The Bertz CT molecular complexity index is 1470. The Morgan fingerprint density at radius 3 is 2.76 bits per heavy atom. The minimum Gasteiger partial charge on any atom is -0.484 e. The van der Waals surface area contributed by atoms with Gasteiger partial charge < -0.3 is 19.4 Å². The van der Waals surface area contributed by atoms with Gasteiger partial charge in [0.2, 0.25) is 11.8 Å². The monoisotopic (exact) mass is 499 g/mol. The van der Waals surface area contributed by atoms with Crippen LogP contribution in [0.2, 0.25) is 0 Å². The van der Waals surface area contributed by atoms with Crippen LogP contribution in [0.3, 0.4) is 0 Å². The zero-order valence-electron chi connectivity index (χ0n) is 20.5. The van der Waals surface area contributed by atoms with Crippen LogP contribution in [0.15, 0.2) is 77.4 Å². The number of hydrogen-bond donors (Lipinski definition) is 1. The standard InChI is InChI=1S/C29H26FN3O4/c1-18-5-3-8-23(13-18)31-29(35)26-16-37-27(32-26)17-36-24-10-9-20-11-12-33(19(2)34)28(25(20)15-24)21-6-4-7-22(30)14-21/h3-10,13-16,28H,11-12,17H2,1-2H3,(H,31,35). The van der Waals surface area contributed by atoms with E-state index in [-0.39, 0.29) is 35.8 Å². The smallest absolute Gasteiger partial charge is 0.277 e. The second kappa shape index (κ2) is 10.3. The Morgan fingerprint density at radius 1 is 1.14 bits per heavy atom. The van der Waals surface area contributed by atoms with Gasteiger partial charge in [-0.1, -0.05) is 30.3 Å². The van der Waals surface area contributed by atoms with Gasteiger partial charge in [0.15, 0.2) is 12.3 Å². The Labute approximate surface area is 213 Å². The third kappa shape index (κ3) is 5.38. The lowest BCUT2D eigenvalue weighted by atomic mass is 9.88. The summed E-state index contributed by atoms with van der Waals surface area (Å²) in [7, 11) is 0. The lowest BCUT2D eigenvalue weighted by molar-refractivity contribution is -0.130. The first-order valence-corrected chi connectivity index (χ1v) is 12.0. The van der Waals surface area contributed by atoms with Crippen molar-refractivity contribution in [2.75, 3.05) is 11.9 Å². The summed E-state index contributed by atoms with van der Waals surface area (Å²) in [5, 5.41) is 2.80. The fourth-order valence-corrected chi connectivity index (χ4v) is 4.60. The zero-order chi connectivity index (χ0) is 25.9. The predicted octanol–water partition coefficient (Wildman–Crippen LogP) is 5.45. The number of rotatable bonds is 6. The van der Waals surface area contributed by atoms with Crippen molar-refractivity contribution in [3.05, 3.63) is 113 Å². The summed E-state index contributed by atoms with van der Waals surface area (Å²) in [5.74, 6) is -0.0144. The van der Waals surface area contributed by atoms with Gasteiger partial charge in [-0.15, -0.1) is 0 Å². The van der Waals surface area contributed by atoms with Crippen LogP contribution < -0.4 is 10.1 Å². The first kappa shape index (κ1) is 24.2. The van der Waals surface area contributed by atoms with Crippen molar-refractivity contribution in [2.45, 2.75) is 32.9 Å². The summed E-state index contributed by atoms with van der Waals surface area (Å²) >= 11 is 0. The molecule has 0 aliphatic carbocycles. The van der Waals surface area contributed by atoms with Gasteiger partial charge in [0.05, 0.1) is 6.04 Å². The highest BCUT2D eigenvalue weighted by atomic mass is 19.1. The molecule has 1 N–H and O–H groups in total. The summed E-state index contributed by atoms with van der Waals surface area (Å²) in [4.78, 5) is 30.9. The molecule has 0 saturated carbocycles. The van der Waals surface area contributed by atoms with Crippen LogP contribution in [-0.2, 0) is 17.8 Å². The van der Waals surface area contributed by atoms with Crippen molar-refractivity contribution < 1.29 is 23.1 Å². The van der Waals surface area contributed by atoms with Crippen LogP contribution in [0.4, 0.5) is 10.1 Å². The van der Waals surface area contributed by atoms with Crippen LogP contribution in [0.1, 0.15) is 51.6 Å². The third-order valence-electron chi connectivity index (χ3n) is 6.34. The van der Waals surface area contributed by atoms with Crippen LogP contribution in [0.5, 0.6) is 5.75 Å². The Hall–Kier alpha value is -4.46. The average molecular weight is 500 g/mol. The molecule has 188 valence electrons. The molecule has 1 aliphatic heterocycles. The number of benzene rings is 3. The molecule has 1 unspecified atom stereocenters. The fraction of sp³-hybridized carbons (Fsp3) is 0.207. The van der Waals surface area contributed by atoms with E-state index < -0.39 is 6.04 Å². The van der Waals surface area contributed by atoms with E-state index in [2.05, 4.69) is 10.3 Å². The van der Waals surface area contributed by atoms with Crippen molar-refractivity contribution in [1.29, 1.82) is 0 Å². The Balaban J connectivity index is 1.32. The molecular weight excluding hydrogens is 473 g/mol. The number of nitrogens with one attached hydrogen (secondary N) is 1. The van der Waals surface area contributed by atoms with Gasteiger partial charge >= 0.3 is 0 Å². The SMILES string of the molecule is CC(=O)N1CCc2ccc(OCc3nc(C(=O)Nc4cccc(C)c4)co3)cc2C1c1cccc(F)c1. The van der Waals surface area contributed by atoms with E-state index in [4.69, 9.17) is 9.15 Å². The number of hydrogen-bond acceptors (Lipinski definition) is 5. The molecule has 0 saturated heterocycles. The molecule has 37 heavy (non-hydrogen) atoms. The number of anilines is 1. The molecule has 0 radical (unpaired) electrons. The summed E-state index contributed by atoms with van der Waals surface area (Å²) < 4.78 is 25.4. The fourth-order valence-electron chi connectivity index (χ4n) is 4.60. The third-order valence-corrected chi connectivity index (χ3v) is 6.34. The van der Waals surface area contributed by atoms with Crippen LogP contribution in [0, 0.1) is 12.7 Å². The largest absolute Gasteiger partial charge is 0.484 e. The maximum atomic E-state index is 14.0. The molecule has 4 aromatic rings. The molecule has 2 heterocycles. The first-order valence-electron chi connectivity index (χ1n) is 12.0. The number of aryl methyl sites for hydroxylation is 1. The molecule has 0 spiro atoms. The number of fused-ring (bicyclic) bond motifs is 1. The Kier molecular flexibility index (Phi) is 6.72. The molecule has 1 atom stereocenters. The van der Waals surface area contributed by atoms with E-state index in [1.165, 1.54) is 25.3 Å². The number of amides is 2. The van der Waals surface area contributed by atoms with Gasteiger partial charge in [-0.3, -0.25) is 9.59 Å². The number of nitrogens with zero attached hydrogens (tertiary/aromatic N) is 2. The number of oxazole rings is 1. The molecule has 0 bridgehead atoms. The summed E-state index contributed by atoms with van der Waals surface area (Å²) in [5.41, 5.74) is 4.51. The lowest BCUT2D eigenvalue weighted by Gasteiger charge is -2.37. The van der Waals surface area contributed by atoms with E-state index >= 15 is 0 Å². The van der Waals surface area contributed by atoms with Crippen LogP contribution >= 0.6 is 0 Å². The quantitative estimate of drug-likeness (QED) is 0.382. The highest BCUT2D eigenvalue weighted by molar-refractivity contribution is 6.02. The van der Waals surface area contributed by atoms with Gasteiger partial charge in [0.1, 0.15) is 17.8 Å². The van der Waals surface area contributed by atoms with Gasteiger partial charge in [0, 0.05) is 19.2 Å².